The number of aromatic nitrogens is 1. The molecule has 4 rings (SSSR count). The summed E-state index contributed by atoms with van der Waals surface area (Å²) < 4.78 is 29.1. The molecule has 2 aromatic carbocycles. The fourth-order valence-corrected chi connectivity index (χ4v) is 6.40. The zero-order valence-electron chi connectivity index (χ0n) is 18.8. The van der Waals surface area contributed by atoms with E-state index in [1.165, 1.54) is 6.07 Å². The number of carbonyl (C=O) groups is 1. The summed E-state index contributed by atoms with van der Waals surface area (Å²) >= 11 is 6.32. The number of carboxylic acid groups (broad SMARTS) is 1. The number of H-pyrrole nitrogens is 1. The summed E-state index contributed by atoms with van der Waals surface area (Å²) in [5.74, 6) is -0.656. The Bertz CT molecular complexity index is 1290. The second-order valence-electron chi connectivity index (χ2n) is 9.11. The van der Waals surface area contributed by atoms with Crippen molar-refractivity contribution in [3.8, 4) is 11.3 Å². The molecule has 3 aromatic rings. The highest BCUT2D eigenvalue weighted by Crippen LogP contribution is 2.35. The van der Waals surface area contributed by atoms with Gasteiger partial charge in [0.1, 0.15) is 4.90 Å². The summed E-state index contributed by atoms with van der Waals surface area (Å²) in [4.78, 5) is 15.0. The van der Waals surface area contributed by atoms with Crippen molar-refractivity contribution in [3.63, 3.8) is 0 Å². The third-order valence-electron chi connectivity index (χ3n) is 6.36. The highest BCUT2D eigenvalue weighted by Gasteiger charge is 2.25. The van der Waals surface area contributed by atoms with E-state index in [9.17, 15) is 18.3 Å². The van der Waals surface area contributed by atoms with Crippen molar-refractivity contribution in [2.75, 3.05) is 0 Å². The molecule has 0 amide bonds. The fourth-order valence-electron chi connectivity index (χ4n) is 4.57. The summed E-state index contributed by atoms with van der Waals surface area (Å²) in [6.45, 7) is 4.17. The first kappa shape index (κ1) is 23.8. The van der Waals surface area contributed by atoms with Crippen LogP contribution < -0.4 is 4.72 Å². The van der Waals surface area contributed by atoms with E-state index in [0.29, 0.717) is 22.7 Å². The smallest absolute Gasteiger partial charge is 0.307 e. The number of benzene rings is 2. The summed E-state index contributed by atoms with van der Waals surface area (Å²) in [6.07, 6.45) is 4.60. The Hall–Kier alpha value is -2.35. The van der Waals surface area contributed by atoms with E-state index in [1.54, 1.807) is 12.1 Å². The molecule has 176 valence electrons. The molecule has 0 unspecified atom stereocenters. The number of fused-ring (bicyclic) bond motifs is 1. The molecule has 1 aliphatic rings. The summed E-state index contributed by atoms with van der Waals surface area (Å²) in [5, 5.41) is 10.5. The maximum Gasteiger partial charge on any atom is 0.307 e. The highest BCUT2D eigenvalue weighted by molar-refractivity contribution is 7.89. The lowest BCUT2D eigenvalue weighted by molar-refractivity contribution is -0.136. The molecular weight excluding hydrogens is 460 g/mol. The van der Waals surface area contributed by atoms with E-state index in [1.807, 2.05) is 18.2 Å². The number of sulfonamides is 1. The number of halogens is 1. The van der Waals surface area contributed by atoms with Gasteiger partial charge in [-0.2, -0.15) is 0 Å². The van der Waals surface area contributed by atoms with Crippen LogP contribution in [-0.2, 0) is 21.2 Å². The van der Waals surface area contributed by atoms with Crippen molar-refractivity contribution in [3.05, 3.63) is 52.5 Å². The Balaban J connectivity index is 1.80. The number of nitrogens with one attached hydrogen (secondary N) is 2. The Labute approximate surface area is 199 Å². The molecule has 33 heavy (non-hydrogen) atoms. The van der Waals surface area contributed by atoms with Gasteiger partial charge in [0.05, 0.1) is 17.1 Å². The van der Waals surface area contributed by atoms with E-state index in [2.05, 4.69) is 23.6 Å². The predicted octanol–water partition coefficient (Wildman–Crippen LogP) is 5.85. The van der Waals surface area contributed by atoms with Crippen LogP contribution in [-0.4, -0.2) is 30.5 Å². The third-order valence-corrected chi connectivity index (χ3v) is 8.36. The van der Waals surface area contributed by atoms with Crippen LogP contribution in [0.2, 0.25) is 5.02 Å². The van der Waals surface area contributed by atoms with E-state index >= 15 is 0 Å². The number of aromatic amines is 1. The van der Waals surface area contributed by atoms with Crippen LogP contribution >= 0.6 is 11.6 Å². The molecule has 0 aliphatic heterocycles. The standard InChI is InChI=1S/C25H29ClN2O4S/c1-15(2)16-9-11-22-19(12-16)20(14-24(29)30)25(27-22)17-8-10-21(26)23(13-17)33(31,32)28-18-6-4-3-5-7-18/h8-13,15,18,27-28H,3-7,14H2,1-2H3,(H,29,30). The zero-order valence-corrected chi connectivity index (χ0v) is 20.4. The maximum absolute atomic E-state index is 13.2. The number of carboxylic acids is 1. The SMILES string of the molecule is CC(C)c1ccc2[nH]c(-c3ccc(Cl)c(S(=O)(=O)NC4CCCCC4)c3)c(CC(=O)O)c2c1. The van der Waals surface area contributed by atoms with E-state index in [-0.39, 0.29) is 22.4 Å². The van der Waals surface area contributed by atoms with Crippen molar-refractivity contribution >= 4 is 38.5 Å². The molecule has 0 bridgehead atoms. The lowest BCUT2D eigenvalue weighted by atomic mass is 9.96. The minimum Gasteiger partial charge on any atom is -0.481 e. The van der Waals surface area contributed by atoms with Gasteiger partial charge in [-0.05, 0) is 59.7 Å². The maximum atomic E-state index is 13.2. The first-order valence-corrected chi connectivity index (χ1v) is 13.2. The minimum atomic E-state index is -3.82. The summed E-state index contributed by atoms with van der Waals surface area (Å²) in [6, 6.07) is 10.7. The van der Waals surface area contributed by atoms with E-state index in [4.69, 9.17) is 11.6 Å². The zero-order chi connectivity index (χ0) is 23.8. The third kappa shape index (κ3) is 5.10. The Kier molecular flexibility index (Phi) is 6.84. The first-order chi connectivity index (χ1) is 15.7. The number of hydrogen-bond donors (Lipinski definition) is 3. The van der Waals surface area contributed by atoms with Crippen LogP contribution in [0.15, 0.2) is 41.3 Å². The van der Waals surface area contributed by atoms with Crippen molar-refractivity contribution in [1.82, 2.24) is 9.71 Å². The molecule has 1 saturated carbocycles. The Morgan fingerprint density at radius 1 is 1.15 bits per heavy atom. The highest BCUT2D eigenvalue weighted by atomic mass is 35.5. The van der Waals surface area contributed by atoms with Crippen molar-refractivity contribution in [2.24, 2.45) is 0 Å². The molecule has 3 N–H and O–H groups in total. The normalized spacial score (nSPS) is 15.4. The monoisotopic (exact) mass is 488 g/mol. The molecular formula is C25H29ClN2O4S. The summed E-state index contributed by atoms with van der Waals surface area (Å²) in [5.41, 5.74) is 3.73. The molecule has 0 atom stereocenters. The second-order valence-corrected chi connectivity index (χ2v) is 11.2. The Morgan fingerprint density at radius 2 is 1.88 bits per heavy atom. The lowest BCUT2D eigenvalue weighted by Crippen LogP contribution is -2.36. The van der Waals surface area contributed by atoms with Crippen molar-refractivity contribution < 1.29 is 18.3 Å². The van der Waals surface area contributed by atoms with Crippen LogP contribution in [0.25, 0.3) is 22.2 Å². The molecule has 0 saturated heterocycles. The van der Waals surface area contributed by atoms with Crippen LogP contribution in [0, 0.1) is 0 Å². The van der Waals surface area contributed by atoms with Gasteiger partial charge in [0.15, 0.2) is 0 Å². The van der Waals surface area contributed by atoms with Gasteiger partial charge in [-0.3, -0.25) is 4.79 Å². The van der Waals surface area contributed by atoms with Gasteiger partial charge >= 0.3 is 5.97 Å². The molecule has 1 aliphatic carbocycles. The number of hydrogen-bond acceptors (Lipinski definition) is 3. The van der Waals surface area contributed by atoms with Gasteiger partial charge < -0.3 is 10.1 Å². The van der Waals surface area contributed by atoms with Crippen molar-refractivity contribution in [2.45, 2.75) is 69.2 Å². The Morgan fingerprint density at radius 3 is 2.55 bits per heavy atom. The van der Waals surface area contributed by atoms with Crippen LogP contribution in [0.3, 0.4) is 0 Å². The van der Waals surface area contributed by atoms with Crippen LogP contribution in [0.1, 0.15) is 63.0 Å². The van der Waals surface area contributed by atoms with Crippen molar-refractivity contribution in [1.29, 1.82) is 0 Å². The van der Waals surface area contributed by atoms with Gasteiger partial charge in [0.2, 0.25) is 10.0 Å². The molecule has 1 fully saturated rings. The molecule has 6 nitrogen and oxygen atoms in total. The van der Waals surface area contributed by atoms with Gasteiger partial charge in [-0.1, -0.05) is 56.8 Å². The van der Waals surface area contributed by atoms with E-state index in [0.717, 1.165) is 48.6 Å². The van der Waals surface area contributed by atoms with Gasteiger partial charge in [-0.15, -0.1) is 0 Å². The predicted molar refractivity (Wildman–Crippen MR) is 131 cm³/mol. The average Bonchev–Trinajstić information content (AvgIpc) is 3.11. The van der Waals surface area contributed by atoms with E-state index < -0.39 is 16.0 Å². The largest absolute Gasteiger partial charge is 0.481 e. The van der Waals surface area contributed by atoms with Crippen LogP contribution in [0.4, 0.5) is 0 Å². The van der Waals surface area contributed by atoms with Gasteiger partial charge in [-0.25, -0.2) is 13.1 Å². The second kappa shape index (κ2) is 9.49. The number of rotatable bonds is 7. The van der Waals surface area contributed by atoms with Gasteiger partial charge in [0, 0.05) is 16.9 Å². The number of aliphatic carboxylic acids is 1. The molecule has 0 spiro atoms. The average molecular weight is 489 g/mol. The van der Waals surface area contributed by atoms with Crippen LogP contribution in [0.5, 0.6) is 0 Å². The lowest BCUT2D eigenvalue weighted by Gasteiger charge is -2.23. The fraction of sp³-hybridized carbons (Fsp3) is 0.400. The first-order valence-electron chi connectivity index (χ1n) is 11.3. The van der Waals surface area contributed by atoms with Gasteiger partial charge in [0.25, 0.3) is 0 Å². The minimum absolute atomic E-state index is 0.00930. The summed E-state index contributed by atoms with van der Waals surface area (Å²) in [7, 11) is -3.82. The topological polar surface area (TPSA) is 99.3 Å². The quantitative estimate of drug-likeness (QED) is 0.388. The molecule has 0 radical (unpaired) electrons. The molecule has 8 heteroatoms. The molecule has 1 aromatic heterocycles. The molecule has 1 heterocycles.